The van der Waals surface area contributed by atoms with Gasteiger partial charge in [-0.1, -0.05) is 6.07 Å². The van der Waals surface area contributed by atoms with Crippen LogP contribution in [0.4, 0.5) is 13.2 Å². The third kappa shape index (κ3) is 4.91. The van der Waals surface area contributed by atoms with E-state index in [1.165, 1.54) is 12.3 Å². The van der Waals surface area contributed by atoms with Gasteiger partial charge in [-0.15, -0.1) is 0 Å². The molecule has 0 aromatic carbocycles. The van der Waals surface area contributed by atoms with Crippen LogP contribution < -0.4 is 5.32 Å². The lowest BCUT2D eigenvalue weighted by Crippen LogP contribution is -2.23. The molecule has 0 fully saturated rings. The highest BCUT2D eigenvalue weighted by Gasteiger charge is 2.32. The molecule has 4 aromatic rings. The van der Waals surface area contributed by atoms with Crippen LogP contribution in [0.2, 0.25) is 0 Å². The molecule has 4 rings (SSSR count). The highest BCUT2D eigenvalue weighted by Crippen LogP contribution is 2.29. The van der Waals surface area contributed by atoms with Gasteiger partial charge in [0.15, 0.2) is 0 Å². The molecule has 0 aliphatic rings. The molecule has 4 aromatic heterocycles. The van der Waals surface area contributed by atoms with E-state index in [0.717, 1.165) is 17.8 Å². The first-order valence-electron chi connectivity index (χ1n) is 9.39. The van der Waals surface area contributed by atoms with Crippen molar-refractivity contribution >= 4 is 5.91 Å². The Kier molecular flexibility index (Phi) is 5.84. The number of hydrogen-bond acceptors (Lipinski definition) is 6. The second-order valence-corrected chi connectivity index (χ2v) is 6.68. The average Bonchev–Trinajstić information content (AvgIpc) is 2.83. The average molecular weight is 436 g/mol. The van der Waals surface area contributed by atoms with Gasteiger partial charge in [-0.2, -0.15) is 13.2 Å². The van der Waals surface area contributed by atoms with Crippen molar-refractivity contribution in [2.24, 2.45) is 0 Å². The normalized spacial score (nSPS) is 11.2. The Bertz CT molecular complexity index is 1210. The van der Waals surface area contributed by atoms with Gasteiger partial charge in [0.1, 0.15) is 11.4 Å². The predicted molar refractivity (Wildman–Crippen MR) is 109 cm³/mol. The van der Waals surface area contributed by atoms with Crippen LogP contribution in [0.3, 0.4) is 0 Å². The Morgan fingerprint density at radius 3 is 2.34 bits per heavy atom. The fraction of sp³-hybridized carbons (Fsp3) is 0.0909. The maximum absolute atomic E-state index is 12.8. The second kappa shape index (κ2) is 8.88. The molecule has 0 spiro atoms. The number of carbonyl (C=O) groups excluding carboxylic acids is 1. The van der Waals surface area contributed by atoms with Crippen molar-refractivity contribution in [1.29, 1.82) is 0 Å². The quantitative estimate of drug-likeness (QED) is 0.509. The first-order valence-corrected chi connectivity index (χ1v) is 9.39. The van der Waals surface area contributed by atoms with E-state index in [2.05, 4.69) is 30.2 Å². The summed E-state index contributed by atoms with van der Waals surface area (Å²) in [5.41, 5.74) is 1.99. The van der Waals surface area contributed by atoms with Crippen molar-refractivity contribution in [3.63, 3.8) is 0 Å². The fourth-order valence-corrected chi connectivity index (χ4v) is 2.85. The smallest absolute Gasteiger partial charge is 0.347 e. The molecule has 7 nitrogen and oxygen atoms in total. The highest BCUT2D eigenvalue weighted by molar-refractivity contribution is 5.92. The minimum absolute atomic E-state index is 0.184. The van der Waals surface area contributed by atoms with E-state index in [1.54, 1.807) is 49.1 Å². The van der Waals surface area contributed by atoms with Crippen LogP contribution in [0.1, 0.15) is 21.7 Å². The third-order valence-electron chi connectivity index (χ3n) is 4.48. The van der Waals surface area contributed by atoms with Crippen LogP contribution in [0.5, 0.6) is 0 Å². The van der Waals surface area contributed by atoms with E-state index in [-0.39, 0.29) is 18.1 Å². The van der Waals surface area contributed by atoms with Gasteiger partial charge in [-0.05, 0) is 35.9 Å². The molecule has 1 amide bonds. The molecule has 0 unspecified atom stereocenters. The van der Waals surface area contributed by atoms with E-state index in [9.17, 15) is 18.0 Å². The minimum Gasteiger partial charge on any atom is -0.347 e. The summed E-state index contributed by atoms with van der Waals surface area (Å²) < 4.78 is 38.5. The summed E-state index contributed by atoms with van der Waals surface area (Å²) in [5.74, 6) is -0.372. The maximum Gasteiger partial charge on any atom is 0.433 e. The zero-order valence-electron chi connectivity index (χ0n) is 16.4. The summed E-state index contributed by atoms with van der Waals surface area (Å²) in [5, 5.41) is 2.73. The van der Waals surface area contributed by atoms with E-state index in [1.807, 2.05) is 0 Å². The number of hydrogen-bond donors (Lipinski definition) is 1. The van der Waals surface area contributed by atoms with Crippen molar-refractivity contribution in [3.8, 4) is 22.5 Å². The highest BCUT2D eigenvalue weighted by atomic mass is 19.4. The van der Waals surface area contributed by atoms with Gasteiger partial charge in [0, 0.05) is 48.7 Å². The van der Waals surface area contributed by atoms with Crippen LogP contribution in [0.15, 0.2) is 73.6 Å². The van der Waals surface area contributed by atoms with Gasteiger partial charge in [0.25, 0.3) is 5.91 Å². The van der Waals surface area contributed by atoms with Gasteiger partial charge in [0.05, 0.1) is 17.6 Å². The molecule has 160 valence electrons. The maximum atomic E-state index is 12.8. The first-order chi connectivity index (χ1) is 15.4. The number of aromatic nitrogens is 5. The molecular formula is C22H15F3N6O. The summed E-state index contributed by atoms with van der Waals surface area (Å²) in [6, 6.07) is 8.98. The molecule has 10 heteroatoms. The largest absolute Gasteiger partial charge is 0.433 e. The van der Waals surface area contributed by atoms with E-state index in [0.29, 0.717) is 22.5 Å². The van der Waals surface area contributed by atoms with Crippen molar-refractivity contribution < 1.29 is 18.0 Å². The van der Waals surface area contributed by atoms with Gasteiger partial charge in [0.2, 0.25) is 0 Å². The Balaban J connectivity index is 1.39. The molecule has 0 radical (unpaired) electrons. The Labute approximate surface area is 180 Å². The standard InChI is InChI=1S/C22H15F3N6O/c23-22(24,25)20-9-15(5-6-28-20)17-3-1-14(10-29-17)11-31-21(32)18-4-2-16(12-30-18)19-13-26-7-8-27-19/h1-10,12-13H,11H2,(H,31,32). The van der Waals surface area contributed by atoms with Gasteiger partial charge in [-0.25, -0.2) is 0 Å². The minimum atomic E-state index is -4.53. The molecule has 1 N–H and O–H groups in total. The lowest BCUT2D eigenvalue weighted by Gasteiger charge is -2.08. The molecular weight excluding hydrogens is 421 g/mol. The summed E-state index contributed by atoms with van der Waals surface area (Å²) in [6.45, 7) is 0.184. The number of rotatable bonds is 5. The molecule has 0 aliphatic carbocycles. The van der Waals surface area contributed by atoms with Crippen molar-refractivity contribution in [1.82, 2.24) is 30.2 Å². The zero-order chi connectivity index (χ0) is 22.6. The Hall–Kier alpha value is -4.21. The topological polar surface area (TPSA) is 93.6 Å². The molecule has 0 saturated heterocycles. The number of pyridine rings is 3. The monoisotopic (exact) mass is 436 g/mol. The SMILES string of the molecule is O=C(NCc1ccc(-c2ccnc(C(F)(F)F)c2)nc1)c1ccc(-c2cnccn2)cn1. The van der Waals surface area contributed by atoms with Crippen molar-refractivity contribution in [3.05, 3.63) is 90.5 Å². The molecule has 0 atom stereocenters. The van der Waals surface area contributed by atoms with Gasteiger partial charge < -0.3 is 5.32 Å². The summed E-state index contributed by atoms with van der Waals surface area (Å²) >= 11 is 0. The van der Waals surface area contributed by atoms with Crippen LogP contribution in [-0.4, -0.2) is 30.8 Å². The zero-order valence-corrected chi connectivity index (χ0v) is 16.4. The lowest BCUT2D eigenvalue weighted by molar-refractivity contribution is -0.141. The number of nitrogens with one attached hydrogen (secondary N) is 1. The van der Waals surface area contributed by atoms with Crippen LogP contribution in [0.25, 0.3) is 22.5 Å². The molecule has 4 heterocycles. The number of carbonyl (C=O) groups is 1. The van der Waals surface area contributed by atoms with Crippen LogP contribution in [-0.2, 0) is 12.7 Å². The predicted octanol–water partition coefficient (Wildman–Crippen LogP) is 3.94. The van der Waals surface area contributed by atoms with Gasteiger partial charge >= 0.3 is 6.18 Å². The summed E-state index contributed by atoms with van der Waals surface area (Å²) in [4.78, 5) is 32.2. The van der Waals surface area contributed by atoms with Crippen LogP contribution >= 0.6 is 0 Å². The number of nitrogens with zero attached hydrogens (tertiary/aromatic N) is 5. The third-order valence-corrected chi connectivity index (χ3v) is 4.48. The van der Waals surface area contributed by atoms with E-state index >= 15 is 0 Å². The molecule has 0 aliphatic heterocycles. The first kappa shape index (κ1) is 21.0. The molecule has 0 bridgehead atoms. The van der Waals surface area contributed by atoms with Crippen molar-refractivity contribution in [2.75, 3.05) is 0 Å². The summed E-state index contributed by atoms with van der Waals surface area (Å²) in [6.07, 6.45) is 4.34. The Morgan fingerprint density at radius 1 is 0.812 bits per heavy atom. The molecule has 32 heavy (non-hydrogen) atoms. The van der Waals surface area contributed by atoms with Crippen molar-refractivity contribution in [2.45, 2.75) is 12.7 Å². The second-order valence-electron chi connectivity index (χ2n) is 6.68. The summed E-state index contributed by atoms with van der Waals surface area (Å²) in [7, 11) is 0. The van der Waals surface area contributed by atoms with Gasteiger partial charge in [-0.3, -0.25) is 29.7 Å². The van der Waals surface area contributed by atoms with Crippen LogP contribution in [0, 0.1) is 0 Å². The number of alkyl halides is 3. The number of amides is 1. The molecule has 0 saturated carbocycles. The Morgan fingerprint density at radius 2 is 1.69 bits per heavy atom. The number of halogens is 3. The fourth-order valence-electron chi connectivity index (χ4n) is 2.85. The van der Waals surface area contributed by atoms with E-state index in [4.69, 9.17) is 0 Å². The van der Waals surface area contributed by atoms with E-state index < -0.39 is 11.9 Å². The lowest BCUT2D eigenvalue weighted by atomic mass is 10.1.